The van der Waals surface area contributed by atoms with E-state index >= 15 is 0 Å². The highest BCUT2D eigenvalue weighted by atomic mass is 19.1. The Balaban J connectivity index is 1.72. The second-order valence-electron chi connectivity index (χ2n) is 7.46. The zero-order valence-electron chi connectivity index (χ0n) is 17.6. The van der Waals surface area contributed by atoms with Gasteiger partial charge in [0.05, 0.1) is 23.0 Å². The van der Waals surface area contributed by atoms with Gasteiger partial charge in [-0.05, 0) is 61.0 Å². The van der Waals surface area contributed by atoms with Crippen LogP contribution in [-0.2, 0) is 0 Å². The molecule has 0 saturated carbocycles. The van der Waals surface area contributed by atoms with Crippen molar-refractivity contribution in [2.75, 3.05) is 11.9 Å². The summed E-state index contributed by atoms with van der Waals surface area (Å²) in [5.41, 5.74) is 4.79. The number of furan rings is 1. The molecule has 4 aromatic heterocycles. The van der Waals surface area contributed by atoms with Crippen molar-refractivity contribution in [3.8, 4) is 34.0 Å². The summed E-state index contributed by atoms with van der Waals surface area (Å²) in [7, 11) is 0. The molecule has 6 nitrogen and oxygen atoms in total. The lowest BCUT2D eigenvalue weighted by Gasteiger charge is -2.07. The quantitative estimate of drug-likeness (QED) is 0.319. The first kappa shape index (κ1) is 19.9. The average Bonchev–Trinajstić information content (AvgIpc) is 3.48. The molecule has 0 atom stereocenters. The number of nitrogens with zero attached hydrogens (tertiary/aromatic N) is 4. The molecule has 0 aliphatic carbocycles. The van der Waals surface area contributed by atoms with Gasteiger partial charge in [0.2, 0.25) is 5.95 Å². The van der Waals surface area contributed by atoms with Crippen LogP contribution in [0.3, 0.4) is 0 Å². The third-order valence-electron chi connectivity index (χ3n) is 5.27. The maximum atomic E-state index is 13.6. The lowest BCUT2D eigenvalue weighted by Crippen LogP contribution is -2.05. The summed E-state index contributed by atoms with van der Waals surface area (Å²) in [6, 6.07) is 17.9. The van der Waals surface area contributed by atoms with Crippen molar-refractivity contribution in [2.45, 2.75) is 19.8 Å². The molecule has 5 aromatic rings. The molecule has 1 aromatic carbocycles. The van der Waals surface area contributed by atoms with Crippen LogP contribution in [0.2, 0.25) is 0 Å². The van der Waals surface area contributed by atoms with Gasteiger partial charge in [-0.2, -0.15) is 5.10 Å². The SMILES string of the molecule is CCCCNc1nccc(-c2c(-c3ccc(F)cc3)nn3c(-c4ccco4)cccc23)n1. The second-order valence-corrected chi connectivity index (χ2v) is 7.46. The van der Waals surface area contributed by atoms with Gasteiger partial charge in [0.25, 0.3) is 0 Å². The van der Waals surface area contributed by atoms with Crippen LogP contribution in [-0.4, -0.2) is 26.1 Å². The van der Waals surface area contributed by atoms with Crippen molar-refractivity contribution in [2.24, 2.45) is 0 Å². The number of fused-ring (bicyclic) bond motifs is 1. The number of aromatic nitrogens is 4. The van der Waals surface area contributed by atoms with Gasteiger partial charge in [0, 0.05) is 18.3 Å². The van der Waals surface area contributed by atoms with E-state index in [1.807, 2.05) is 40.9 Å². The van der Waals surface area contributed by atoms with E-state index in [2.05, 4.69) is 17.2 Å². The van der Waals surface area contributed by atoms with Gasteiger partial charge < -0.3 is 9.73 Å². The number of pyridine rings is 1. The summed E-state index contributed by atoms with van der Waals surface area (Å²) >= 11 is 0. The first-order chi connectivity index (χ1) is 15.7. The Labute approximate surface area is 184 Å². The molecule has 0 saturated heterocycles. The van der Waals surface area contributed by atoms with Crippen LogP contribution >= 0.6 is 0 Å². The highest BCUT2D eigenvalue weighted by Crippen LogP contribution is 2.36. The smallest absolute Gasteiger partial charge is 0.223 e. The van der Waals surface area contributed by atoms with Gasteiger partial charge in [0.15, 0.2) is 5.76 Å². The van der Waals surface area contributed by atoms with Gasteiger partial charge in [-0.15, -0.1) is 0 Å². The van der Waals surface area contributed by atoms with Crippen molar-refractivity contribution in [3.05, 3.63) is 78.9 Å². The molecule has 0 spiro atoms. The zero-order chi connectivity index (χ0) is 21.9. The maximum absolute atomic E-state index is 13.6. The van der Waals surface area contributed by atoms with Crippen LogP contribution in [0, 0.1) is 5.82 Å². The van der Waals surface area contributed by atoms with Crippen molar-refractivity contribution in [1.29, 1.82) is 0 Å². The number of benzene rings is 1. The Morgan fingerprint density at radius 2 is 1.91 bits per heavy atom. The highest BCUT2D eigenvalue weighted by molar-refractivity contribution is 5.91. The Hall–Kier alpha value is -4.00. The molecule has 160 valence electrons. The van der Waals surface area contributed by atoms with Crippen LogP contribution in [0.15, 0.2) is 77.5 Å². The summed E-state index contributed by atoms with van der Waals surface area (Å²) in [6.45, 7) is 2.95. The molecule has 0 aliphatic rings. The van der Waals surface area contributed by atoms with Gasteiger partial charge in [-0.1, -0.05) is 19.4 Å². The summed E-state index contributed by atoms with van der Waals surface area (Å²) in [5, 5.41) is 8.19. The molecule has 0 amide bonds. The zero-order valence-corrected chi connectivity index (χ0v) is 17.6. The Morgan fingerprint density at radius 1 is 1.03 bits per heavy atom. The van der Waals surface area contributed by atoms with Gasteiger partial charge in [0.1, 0.15) is 17.2 Å². The van der Waals surface area contributed by atoms with E-state index in [0.29, 0.717) is 17.4 Å². The van der Waals surface area contributed by atoms with E-state index in [1.54, 1.807) is 24.6 Å². The molecule has 0 fully saturated rings. The number of hydrogen-bond acceptors (Lipinski definition) is 5. The molecule has 4 heterocycles. The number of unbranched alkanes of at least 4 members (excludes halogenated alkanes) is 1. The molecule has 5 rings (SSSR count). The molecule has 7 heteroatoms. The number of hydrogen-bond donors (Lipinski definition) is 1. The fourth-order valence-corrected chi connectivity index (χ4v) is 3.70. The van der Waals surface area contributed by atoms with E-state index in [4.69, 9.17) is 14.5 Å². The van der Waals surface area contributed by atoms with E-state index in [-0.39, 0.29) is 5.82 Å². The van der Waals surface area contributed by atoms with E-state index in [1.165, 1.54) is 12.1 Å². The van der Waals surface area contributed by atoms with Gasteiger partial charge >= 0.3 is 0 Å². The predicted octanol–water partition coefficient (Wildman–Crippen LogP) is 6.07. The van der Waals surface area contributed by atoms with E-state index < -0.39 is 0 Å². The fraction of sp³-hybridized carbons (Fsp3) is 0.160. The normalized spacial score (nSPS) is 11.2. The fourth-order valence-electron chi connectivity index (χ4n) is 3.70. The standard InChI is InChI=1S/C25H22FN5O/c1-2-3-14-27-25-28-15-13-19(29-25)23-21-7-4-6-20(22-8-5-16-32-22)31(21)30-24(23)17-9-11-18(26)12-10-17/h4-13,15-16H,2-3,14H2,1H3,(H,27,28,29). The molecule has 0 aliphatic heterocycles. The monoisotopic (exact) mass is 427 g/mol. The third-order valence-corrected chi connectivity index (χ3v) is 5.27. The van der Waals surface area contributed by atoms with Crippen molar-refractivity contribution >= 4 is 11.5 Å². The minimum Gasteiger partial charge on any atom is -0.463 e. The molecular formula is C25H22FN5O. The highest BCUT2D eigenvalue weighted by Gasteiger charge is 2.20. The average molecular weight is 427 g/mol. The first-order valence-corrected chi connectivity index (χ1v) is 10.6. The summed E-state index contributed by atoms with van der Waals surface area (Å²) in [4.78, 5) is 9.12. The Bertz CT molecular complexity index is 1340. The minimum absolute atomic E-state index is 0.292. The molecule has 0 bridgehead atoms. The van der Waals surface area contributed by atoms with E-state index in [0.717, 1.165) is 47.4 Å². The van der Waals surface area contributed by atoms with Crippen LogP contribution in [0.5, 0.6) is 0 Å². The lowest BCUT2D eigenvalue weighted by molar-refractivity contribution is 0.577. The van der Waals surface area contributed by atoms with Crippen LogP contribution in [0.1, 0.15) is 19.8 Å². The number of halogens is 1. The summed E-state index contributed by atoms with van der Waals surface area (Å²) < 4.78 is 21.1. The molecule has 32 heavy (non-hydrogen) atoms. The molecular weight excluding hydrogens is 405 g/mol. The molecule has 0 radical (unpaired) electrons. The number of rotatable bonds is 7. The largest absolute Gasteiger partial charge is 0.463 e. The van der Waals surface area contributed by atoms with Gasteiger partial charge in [-0.25, -0.2) is 18.9 Å². The second kappa shape index (κ2) is 8.63. The van der Waals surface area contributed by atoms with E-state index in [9.17, 15) is 4.39 Å². The predicted molar refractivity (Wildman–Crippen MR) is 123 cm³/mol. The number of nitrogens with one attached hydrogen (secondary N) is 1. The first-order valence-electron chi connectivity index (χ1n) is 10.6. The van der Waals surface area contributed by atoms with Crippen molar-refractivity contribution < 1.29 is 8.81 Å². The van der Waals surface area contributed by atoms with Crippen LogP contribution < -0.4 is 5.32 Å². The lowest BCUT2D eigenvalue weighted by atomic mass is 10.0. The van der Waals surface area contributed by atoms with Crippen molar-refractivity contribution in [3.63, 3.8) is 0 Å². The molecule has 0 unspecified atom stereocenters. The van der Waals surface area contributed by atoms with Crippen molar-refractivity contribution in [1.82, 2.24) is 19.6 Å². The maximum Gasteiger partial charge on any atom is 0.223 e. The molecule has 1 N–H and O–H groups in total. The Morgan fingerprint density at radius 3 is 2.69 bits per heavy atom. The summed E-state index contributed by atoms with van der Waals surface area (Å²) in [5.74, 6) is 0.988. The van der Waals surface area contributed by atoms with Gasteiger partial charge in [-0.3, -0.25) is 0 Å². The third kappa shape index (κ3) is 3.73. The summed E-state index contributed by atoms with van der Waals surface area (Å²) in [6.07, 6.45) is 5.51. The van der Waals surface area contributed by atoms with Crippen LogP contribution in [0.4, 0.5) is 10.3 Å². The minimum atomic E-state index is -0.292. The van der Waals surface area contributed by atoms with Crippen LogP contribution in [0.25, 0.3) is 39.5 Å². The topological polar surface area (TPSA) is 68.2 Å². The Kier molecular flexibility index (Phi) is 5.37. The number of anilines is 1.